The molecule has 0 unspecified atom stereocenters. The van der Waals surface area contributed by atoms with Crippen LogP contribution in [0.1, 0.15) is 24.7 Å². The number of thioether (sulfide) groups is 1. The fourth-order valence-electron chi connectivity index (χ4n) is 1.94. The number of carboxylic acid groups (broad SMARTS) is 1. The maximum Gasteiger partial charge on any atom is 0.313 e. The lowest BCUT2D eigenvalue weighted by Gasteiger charge is -2.08. The van der Waals surface area contributed by atoms with Crippen LogP contribution in [-0.4, -0.2) is 31.6 Å². The molecule has 0 atom stereocenters. The van der Waals surface area contributed by atoms with Crippen LogP contribution in [0.5, 0.6) is 0 Å². The van der Waals surface area contributed by atoms with E-state index in [1.165, 1.54) is 6.07 Å². The monoisotopic (exact) mass is 309 g/mol. The van der Waals surface area contributed by atoms with E-state index in [1.807, 2.05) is 11.5 Å². The van der Waals surface area contributed by atoms with Gasteiger partial charge in [0.25, 0.3) is 0 Å². The van der Waals surface area contributed by atoms with Crippen molar-refractivity contribution in [3.05, 3.63) is 41.5 Å². The van der Waals surface area contributed by atoms with Crippen molar-refractivity contribution in [2.24, 2.45) is 0 Å². The lowest BCUT2D eigenvalue weighted by molar-refractivity contribution is -0.133. The van der Waals surface area contributed by atoms with E-state index >= 15 is 0 Å². The molecule has 112 valence electrons. The number of aliphatic carboxylic acids is 1. The van der Waals surface area contributed by atoms with E-state index in [9.17, 15) is 9.18 Å². The number of benzene rings is 1. The second kappa shape index (κ2) is 7.21. The predicted molar refractivity (Wildman–Crippen MR) is 77.9 cm³/mol. The normalized spacial score (nSPS) is 10.8. The SMILES string of the molecule is CCCn1c(Cc2ccccc2F)nnc1SCC(=O)O. The first-order valence-electron chi connectivity index (χ1n) is 6.62. The summed E-state index contributed by atoms with van der Waals surface area (Å²) in [6.07, 6.45) is 1.20. The fraction of sp³-hybridized carbons (Fsp3) is 0.357. The number of halogens is 1. The Morgan fingerprint density at radius 2 is 2.14 bits per heavy atom. The molecule has 0 aliphatic rings. The Balaban J connectivity index is 2.22. The molecule has 5 nitrogen and oxygen atoms in total. The van der Waals surface area contributed by atoms with Crippen LogP contribution in [0.4, 0.5) is 4.39 Å². The molecule has 0 aliphatic carbocycles. The van der Waals surface area contributed by atoms with E-state index in [0.29, 0.717) is 29.5 Å². The van der Waals surface area contributed by atoms with Gasteiger partial charge in [0.1, 0.15) is 11.6 Å². The zero-order valence-electron chi connectivity index (χ0n) is 11.6. The van der Waals surface area contributed by atoms with Gasteiger partial charge in [0.2, 0.25) is 0 Å². The van der Waals surface area contributed by atoms with Gasteiger partial charge in [-0.1, -0.05) is 36.9 Å². The quantitative estimate of drug-likeness (QED) is 0.796. The van der Waals surface area contributed by atoms with Crippen molar-refractivity contribution in [3.63, 3.8) is 0 Å². The average molecular weight is 309 g/mol. The van der Waals surface area contributed by atoms with Gasteiger partial charge in [-0.3, -0.25) is 4.79 Å². The second-order valence-electron chi connectivity index (χ2n) is 4.50. The maximum atomic E-state index is 13.7. The Labute approximate surface area is 126 Å². The van der Waals surface area contributed by atoms with Crippen molar-refractivity contribution in [2.75, 3.05) is 5.75 Å². The highest BCUT2D eigenvalue weighted by atomic mass is 32.2. The maximum absolute atomic E-state index is 13.7. The Kier molecular flexibility index (Phi) is 5.32. The first-order valence-corrected chi connectivity index (χ1v) is 7.60. The van der Waals surface area contributed by atoms with Crippen molar-refractivity contribution in [1.29, 1.82) is 0 Å². The molecule has 0 saturated heterocycles. The third kappa shape index (κ3) is 4.04. The molecular weight excluding hydrogens is 293 g/mol. The van der Waals surface area contributed by atoms with E-state index in [2.05, 4.69) is 10.2 Å². The highest BCUT2D eigenvalue weighted by molar-refractivity contribution is 7.99. The molecule has 1 aromatic heterocycles. The molecule has 0 amide bonds. The first-order chi connectivity index (χ1) is 10.1. The Morgan fingerprint density at radius 3 is 2.81 bits per heavy atom. The van der Waals surface area contributed by atoms with Gasteiger partial charge in [0.05, 0.1) is 5.75 Å². The molecule has 0 bridgehead atoms. The van der Waals surface area contributed by atoms with Crippen LogP contribution in [0.2, 0.25) is 0 Å². The fourth-order valence-corrected chi connectivity index (χ4v) is 2.65. The summed E-state index contributed by atoms with van der Waals surface area (Å²) < 4.78 is 15.6. The summed E-state index contributed by atoms with van der Waals surface area (Å²) in [4.78, 5) is 10.7. The summed E-state index contributed by atoms with van der Waals surface area (Å²) in [5, 5.41) is 17.4. The zero-order chi connectivity index (χ0) is 15.2. The molecule has 2 rings (SSSR count). The van der Waals surface area contributed by atoms with Crippen LogP contribution in [0, 0.1) is 5.82 Å². The number of carboxylic acids is 1. The van der Waals surface area contributed by atoms with Crippen LogP contribution in [-0.2, 0) is 17.8 Å². The van der Waals surface area contributed by atoms with Gasteiger partial charge in [-0.2, -0.15) is 0 Å². The van der Waals surface area contributed by atoms with Crippen LogP contribution >= 0.6 is 11.8 Å². The standard InChI is InChI=1S/C14H16FN3O2S/c1-2-7-18-12(8-10-5-3-4-6-11(10)15)16-17-14(18)21-9-13(19)20/h3-6H,2,7-9H2,1H3,(H,19,20). The molecule has 0 fully saturated rings. The molecule has 0 spiro atoms. The van der Waals surface area contributed by atoms with E-state index < -0.39 is 5.97 Å². The van der Waals surface area contributed by atoms with E-state index in [0.717, 1.165) is 18.2 Å². The summed E-state index contributed by atoms with van der Waals surface area (Å²) in [5.41, 5.74) is 0.553. The zero-order valence-corrected chi connectivity index (χ0v) is 12.4. The van der Waals surface area contributed by atoms with Gasteiger partial charge < -0.3 is 9.67 Å². The number of hydrogen-bond donors (Lipinski definition) is 1. The van der Waals surface area contributed by atoms with Crippen molar-refractivity contribution < 1.29 is 14.3 Å². The lowest BCUT2D eigenvalue weighted by atomic mass is 10.1. The Morgan fingerprint density at radius 1 is 1.38 bits per heavy atom. The minimum absolute atomic E-state index is 0.0679. The first kappa shape index (κ1) is 15.5. The van der Waals surface area contributed by atoms with Gasteiger partial charge in [-0.15, -0.1) is 10.2 Å². The summed E-state index contributed by atoms with van der Waals surface area (Å²) in [5.74, 6) is -0.596. The minimum atomic E-state index is -0.901. The lowest BCUT2D eigenvalue weighted by Crippen LogP contribution is -2.07. The number of aromatic nitrogens is 3. The number of rotatable bonds is 7. The molecule has 1 aromatic carbocycles. The summed E-state index contributed by atoms with van der Waals surface area (Å²) in [6.45, 7) is 2.69. The van der Waals surface area contributed by atoms with Crippen molar-refractivity contribution in [2.45, 2.75) is 31.5 Å². The Bertz CT molecular complexity index is 630. The largest absolute Gasteiger partial charge is 0.481 e. The van der Waals surface area contributed by atoms with Gasteiger partial charge in [0.15, 0.2) is 5.16 Å². The van der Waals surface area contributed by atoms with E-state index in [4.69, 9.17) is 5.11 Å². The number of hydrogen-bond acceptors (Lipinski definition) is 4. The highest BCUT2D eigenvalue weighted by Gasteiger charge is 2.15. The third-order valence-electron chi connectivity index (χ3n) is 2.87. The summed E-state index contributed by atoms with van der Waals surface area (Å²) in [6, 6.07) is 6.54. The molecule has 0 radical (unpaired) electrons. The molecule has 0 aliphatic heterocycles. The molecule has 7 heteroatoms. The molecular formula is C14H16FN3O2S. The topological polar surface area (TPSA) is 68.0 Å². The van der Waals surface area contributed by atoms with E-state index in [-0.39, 0.29) is 11.6 Å². The third-order valence-corrected chi connectivity index (χ3v) is 3.82. The molecule has 21 heavy (non-hydrogen) atoms. The van der Waals surface area contributed by atoms with Gasteiger partial charge in [-0.25, -0.2) is 4.39 Å². The highest BCUT2D eigenvalue weighted by Crippen LogP contribution is 2.20. The second-order valence-corrected chi connectivity index (χ2v) is 5.44. The van der Waals surface area contributed by atoms with Gasteiger partial charge in [-0.05, 0) is 18.1 Å². The van der Waals surface area contributed by atoms with Crippen molar-refractivity contribution >= 4 is 17.7 Å². The summed E-state index contributed by atoms with van der Waals surface area (Å²) in [7, 11) is 0. The average Bonchev–Trinajstić information content (AvgIpc) is 2.82. The molecule has 0 saturated carbocycles. The predicted octanol–water partition coefficient (Wildman–Crippen LogP) is 2.59. The van der Waals surface area contributed by atoms with E-state index in [1.54, 1.807) is 18.2 Å². The van der Waals surface area contributed by atoms with Crippen LogP contribution < -0.4 is 0 Å². The van der Waals surface area contributed by atoms with Crippen molar-refractivity contribution in [3.8, 4) is 0 Å². The Hall–Kier alpha value is -1.89. The number of carbonyl (C=O) groups is 1. The smallest absolute Gasteiger partial charge is 0.313 e. The van der Waals surface area contributed by atoms with Gasteiger partial charge in [0, 0.05) is 13.0 Å². The molecule has 2 aromatic rings. The van der Waals surface area contributed by atoms with Crippen LogP contribution in [0.3, 0.4) is 0 Å². The van der Waals surface area contributed by atoms with Crippen LogP contribution in [0.25, 0.3) is 0 Å². The summed E-state index contributed by atoms with van der Waals surface area (Å²) >= 11 is 1.13. The number of nitrogens with zero attached hydrogens (tertiary/aromatic N) is 3. The van der Waals surface area contributed by atoms with Crippen molar-refractivity contribution in [1.82, 2.24) is 14.8 Å². The molecule has 1 heterocycles. The van der Waals surface area contributed by atoms with Gasteiger partial charge >= 0.3 is 5.97 Å². The van der Waals surface area contributed by atoms with Crippen LogP contribution in [0.15, 0.2) is 29.4 Å². The molecule has 1 N–H and O–H groups in total. The minimum Gasteiger partial charge on any atom is -0.481 e.